The van der Waals surface area contributed by atoms with Crippen LogP contribution in [0.4, 0.5) is 5.69 Å². The van der Waals surface area contributed by atoms with E-state index in [1.54, 1.807) is 12.1 Å². The summed E-state index contributed by atoms with van der Waals surface area (Å²) in [6, 6.07) is 15.4. The SMILES string of the molecule is Cc1ccc(COc2ccc(NC(=O)CN)cc2)cc1. The first-order chi connectivity index (χ1) is 9.67. The minimum Gasteiger partial charge on any atom is -0.489 e. The number of anilines is 1. The average Bonchev–Trinajstić information content (AvgIpc) is 2.48. The maximum Gasteiger partial charge on any atom is 0.238 e. The van der Waals surface area contributed by atoms with E-state index in [2.05, 4.69) is 24.4 Å². The van der Waals surface area contributed by atoms with Crippen LogP contribution < -0.4 is 15.8 Å². The van der Waals surface area contributed by atoms with Gasteiger partial charge < -0.3 is 15.8 Å². The molecule has 104 valence electrons. The maximum atomic E-state index is 11.1. The highest BCUT2D eigenvalue weighted by Crippen LogP contribution is 2.17. The Morgan fingerprint density at radius 3 is 2.35 bits per heavy atom. The van der Waals surface area contributed by atoms with Crippen LogP contribution in [0.5, 0.6) is 5.75 Å². The zero-order valence-corrected chi connectivity index (χ0v) is 11.4. The summed E-state index contributed by atoms with van der Waals surface area (Å²) in [6.45, 7) is 2.56. The standard InChI is InChI=1S/C16H18N2O2/c1-12-2-4-13(5-3-12)11-20-15-8-6-14(7-9-15)18-16(19)10-17/h2-9H,10-11,17H2,1H3,(H,18,19). The Hall–Kier alpha value is -2.33. The molecular formula is C16H18N2O2. The molecule has 0 radical (unpaired) electrons. The molecule has 0 aliphatic heterocycles. The summed E-state index contributed by atoms with van der Waals surface area (Å²) in [5.74, 6) is 0.551. The van der Waals surface area contributed by atoms with Gasteiger partial charge in [0.25, 0.3) is 0 Å². The minimum atomic E-state index is -0.210. The first kappa shape index (κ1) is 14.1. The molecule has 4 nitrogen and oxygen atoms in total. The lowest BCUT2D eigenvalue weighted by Crippen LogP contribution is -2.21. The van der Waals surface area contributed by atoms with Gasteiger partial charge in [-0.3, -0.25) is 4.79 Å². The Labute approximate surface area is 118 Å². The number of carbonyl (C=O) groups is 1. The number of nitrogens with one attached hydrogen (secondary N) is 1. The molecule has 2 aromatic rings. The van der Waals surface area contributed by atoms with Gasteiger partial charge >= 0.3 is 0 Å². The van der Waals surface area contributed by atoms with Crippen LogP contribution in [0.25, 0.3) is 0 Å². The number of rotatable bonds is 5. The van der Waals surface area contributed by atoms with Crippen molar-refractivity contribution in [3.05, 3.63) is 59.7 Å². The number of amides is 1. The van der Waals surface area contributed by atoms with Crippen molar-refractivity contribution in [3.8, 4) is 5.75 Å². The second-order valence-corrected chi connectivity index (χ2v) is 4.55. The minimum absolute atomic E-state index is 0.0221. The van der Waals surface area contributed by atoms with Gasteiger partial charge in [-0.05, 0) is 36.8 Å². The molecule has 2 rings (SSSR count). The van der Waals surface area contributed by atoms with E-state index in [-0.39, 0.29) is 12.5 Å². The molecule has 0 aliphatic carbocycles. The van der Waals surface area contributed by atoms with Gasteiger partial charge in [0, 0.05) is 5.69 Å². The van der Waals surface area contributed by atoms with E-state index < -0.39 is 0 Å². The smallest absolute Gasteiger partial charge is 0.238 e. The van der Waals surface area contributed by atoms with Gasteiger partial charge in [-0.15, -0.1) is 0 Å². The first-order valence-electron chi connectivity index (χ1n) is 6.46. The number of hydrogen-bond acceptors (Lipinski definition) is 3. The number of ether oxygens (including phenoxy) is 1. The van der Waals surface area contributed by atoms with Gasteiger partial charge in [0.1, 0.15) is 12.4 Å². The van der Waals surface area contributed by atoms with Gasteiger partial charge in [-0.1, -0.05) is 29.8 Å². The molecule has 4 heteroatoms. The van der Waals surface area contributed by atoms with Gasteiger partial charge in [0.15, 0.2) is 0 Å². The molecule has 0 aliphatic rings. The third-order valence-electron chi connectivity index (χ3n) is 2.85. The summed E-state index contributed by atoms with van der Waals surface area (Å²) in [7, 11) is 0. The molecule has 0 saturated heterocycles. The lowest BCUT2D eigenvalue weighted by Gasteiger charge is -2.08. The first-order valence-corrected chi connectivity index (χ1v) is 6.46. The summed E-state index contributed by atoms with van der Waals surface area (Å²) in [4.78, 5) is 11.1. The van der Waals surface area contributed by atoms with Crippen molar-refractivity contribution < 1.29 is 9.53 Å². The summed E-state index contributed by atoms with van der Waals surface area (Å²) in [5.41, 5.74) is 8.30. The molecule has 0 heterocycles. The van der Waals surface area contributed by atoms with Crippen molar-refractivity contribution in [1.82, 2.24) is 0 Å². The molecule has 3 N–H and O–H groups in total. The molecule has 1 amide bonds. The monoisotopic (exact) mass is 270 g/mol. The fourth-order valence-corrected chi connectivity index (χ4v) is 1.70. The topological polar surface area (TPSA) is 64.3 Å². The van der Waals surface area contributed by atoms with Gasteiger partial charge in [-0.25, -0.2) is 0 Å². The van der Waals surface area contributed by atoms with Gasteiger partial charge in [0.05, 0.1) is 6.54 Å². The quantitative estimate of drug-likeness (QED) is 0.877. The third kappa shape index (κ3) is 4.10. The van der Waals surface area contributed by atoms with Crippen LogP contribution in [-0.4, -0.2) is 12.5 Å². The van der Waals surface area contributed by atoms with Crippen molar-refractivity contribution in [2.24, 2.45) is 5.73 Å². The Bertz CT molecular complexity index is 562. The molecule has 0 saturated carbocycles. The van der Waals surface area contributed by atoms with Gasteiger partial charge in [-0.2, -0.15) is 0 Å². The van der Waals surface area contributed by atoms with Gasteiger partial charge in [0.2, 0.25) is 5.91 Å². The highest BCUT2D eigenvalue weighted by atomic mass is 16.5. The summed E-state index contributed by atoms with van der Waals surface area (Å²) < 4.78 is 5.68. The number of carbonyl (C=O) groups excluding carboxylic acids is 1. The van der Waals surface area contributed by atoms with Crippen LogP contribution in [0.2, 0.25) is 0 Å². The summed E-state index contributed by atoms with van der Waals surface area (Å²) in [6.07, 6.45) is 0. The van der Waals surface area contributed by atoms with Crippen LogP contribution >= 0.6 is 0 Å². The van der Waals surface area contributed by atoms with Crippen molar-refractivity contribution in [2.45, 2.75) is 13.5 Å². The molecule has 2 aromatic carbocycles. The second-order valence-electron chi connectivity index (χ2n) is 4.55. The summed E-state index contributed by atoms with van der Waals surface area (Å²) >= 11 is 0. The Balaban J connectivity index is 1.90. The van der Waals surface area contributed by atoms with Crippen molar-refractivity contribution >= 4 is 11.6 Å². The van der Waals surface area contributed by atoms with Crippen LogP contribution in [0.1, 0.15) is 11.1 Å². The van der Waals surface area contributed by atoms with Crippen LogP contribution in [0.15, 0.2) is 48.5 Å². The molecule has 0 aromatic heterocycles. The zero-order chi connectivity index (χ0) is 14.4. The van der Waals surface area contributed by atoms with E-state index in [1.807, 2.05) is 24.3 Å². The van der Waals surface area contributed by atoms with Crippen LogP contribution in [0.3, 0.4) is 0 Å². The van der Waals surface area contributed by atoms with E-state index in [0.717, 1.165) is 11.3 Å². The fraction of sp³-hybridized carbons (Fsp3) is 0.188. The highest BCUT2D eigenvalue weighted by molar-refractivity contribution is 5.92. The van der Waals surface area contributed by atoms with E-state index in [1.165, 1.54) is 5.56 Å². The second kappa shape index (κ2) is 6.73. The number of benzene rings is 2. The molecular weight excluding hydrogens is 252 g/mol. The summed E-state index contributed by atoms with van der Waals surface area (Å²) in [5, 5.41) is 2.68. The third-order valence-corrected chi connectivity index (χ3v) is 2.85. The van der Waals surface area contributed by atoms with E-state index >= 15 is 0 Å². The Morgan fingerprint density at radius 1 is 1.10 bits per heavy atom. The number of nitrogens with two attached hydrogens (primary N) is 1. The lowest BCUT2D eigenvalue weighted by molar-refractivity contribution is -0.114. The number of aryl methyl sites for hydroxylation is 1. The zero-order valence-electron chi connectivity index (χ0n) is 11.4. The van der Waals surface area contributed by atoms with E-state index in [0.29, 0.717) is 12.3 Å². The Morgan fingerprint density at radius 2 is 1.75 bits per heavy atom. The highest BCUT2D eigenvalue weighted by Gasteiger charge is 2.00. The predicted molar refractivity (Wildman–Crippen MR) is 79.6 cm³/mol. The average molecular weight is 270 g/mol. The molecule has 20 heavy (non-hydrogen) atoms. The largest absolute Gasteiger partial charge is 0.489 e. The normalized spacial score (nSPS) is 10.1. The van der Waals surface area contributed by atoms with Crippen molar-refractivity contribution in [3.63, 3.8) is 0 Å². The van der Waals surface area contributed by atoms with E-state index in [4.69, 9.17) is 10.5 Å². The maximum absolute atomic E-state index is 11.1. The van der Waals surface area contributed by atoms with Crippen LogP contribution in [-0.2, 0) is 11.4 Å². The van der Waals surface area contributed by atoms with Crippen molar-refractivity contribution in [2.75, 3.05) is 11.9 Å². The number of hydrogen-bond donors (Lipinski definition) is 2. The lowest BCUT2D eigenvalue weighted by atomic mass is 10.2. The fourth-order valence-electron chi connectivity index (χ4n) is 1.70. The predicted octanol–water partition coefficient (Wildman–Crippen LogP) is 2.47. The molecule has 0 spiro atoms. The van der Waals surface area contributed by atoms with E-state index in [9.17, 15) is 4.79 Å². The molecule has 0 fully saturated rings. The molecule has 0 atom stereocenters. The Kier molecular flexibility index (Phi) is 4.74. The van der Waals surface area contributed by atoms with Crippen LogP contribution in [0, 0.1) is 6.92 Å². The molecule has 0 unspecified atom stereocenters. The molecule has 0 bridgehead atoms. The van der Waals surface area contributed by atoms with Crippen molar-refractivity contribution in [1.29, 1.82) is 0 Å².